The number of amides is 1. The molecule has 0 saturated carbocycles. The Bertz CT molecular complexity index is 1280. The molecule has 0 saturated heterocycles. The van der Waals surface area contributed by atoms with Crippen molar-refractivity contribution >= 4 is 16.7 Å². The second-order valence-corrected chi connectivity index (χ2v) is 7.09. The molecule has 1 N–H and O–H groups in total. The zero-order valence-corrected chi connectivity index (χ0v) is 17.3. The van der Waals surface area contributed by atoms with E-state index in [9.17, 15) is 19.2 Å². The molecule has 0 spiro atoms. The molecule has 0 radical (unpaired) electrons. The standard InChI is InChI=1S/C23H24N4O4/c1-4-13-25-21(29)26(14-5-2)23(31)27(22(25)30)15-20(28)24-16(3)18-12-8-10-17-9-6-7-11-19(17)18/h4-12,16H,1-2,13-15H2,3H3,(H,24,28)/t16-/m0/s1. The lowest BCUT2D eigenvalue weighted by atomic mass is 10.00. The Morgan fingerprint density at radius 1 is 0.903 bits per heavy atom. The molecule has 0 fully saturated rings. The molecule has 3 rings (SSSR count). The molecular weight excluding hydrogens is 396 g/mol. The Morgan fingerprint density at radius 3 is 2.06 bits per heavy atom. The van der Waals surface area contributed by atoms with Gasteiger partial charge < -0.3 is 5.32 Å². The first-order valence-electron chi connectivity index (χ1n) is 9.82. The van der Waals surface area contributed by atoms with Gasteiger partial charge in [0.25, 0.3) is 0 Å². The third-order valence-corrected chi connectivity index (χ3v) is 4.98. The van der Waals surface area contributed by atoms with Crippen LogP contribution in [0.2, 0.25) is 0 Å². The highest BCUT2D eigenvalue weighted by Gasteiger charge is 2.18. The van der Waals surface area contributed by atoms with E-state index in [2.05, 4.69) is 18.5 Å². The van der Waals surface area contributed by atoms with Crippen LogP contribution in [0.5, 0.6) is 0 Å². The predicted molar refractivity (Wildman–Crippen MR) is 120 cm³/mol. The van der Waals surface area contributed by atoms with E-state index in [1.807, 2.05) is 49.4 Å². The van der Waals surface area contributed by atoms with Crippen LogP contribution in [0.3, 0.4) is 0 Å². The van der Waals surface area contributed by atoms with Crippen LogP contribution >= 0.6 is 0 Å². The van der Waals surface area contributed by atoms with Crippen LogP contribution in [0.15, 0.2) is 82.2 Å². The number of hydrogen-bond acceptors (Lipinski definition) is 4. The van der Waals surface area contributed by atoms with Crippen molar-refractivity contribution < 1.29 is 4.79 Å². The minimum atomic E-state index is -0.858. The number of benzene rings is 2. The second kappa shape index (κ2) is 9.25. The van der Waals surface area contributed by atoms with Crippen LogP contribution in [-0.4, -0.2) is 19.6 Å². The van der Waals surface area contributed by atoms with Gasteiger partial charge in [-0.25, -0.2) is 28.1 Å². The number of nitrogens with zero attached hydrogens (tertiary/aromatic N) is 3. The summed E-state index contributed by atoms with van der Waals surface area (Å²) < 4.78 is 2.47. The normalized spacial score (nSPS) is 11.8. The summed E-state index contributed by atoms with van der Waals surface area (Å²) in [7, 11) is 0. The van der Waals surface area contributed by atoms with Gasteiger partial charge in [-0.3, -0.25) is 4.79 Å². The number of rotatable bonds is 8. The molecule has 31 heavy (non-hydrogen) atoms. The van der Waals surface area contributed by atoms with Crippen molar-refractivity contribution in [3.05, 3.63) is 105 Å². The van der Waals surface area contributed by atoms with E-state index >= 15 is 0 Å². The fourth-order valence-corrected chi connectivity index (χ4v) is 3.52. The molecule has 0 aliphatic heterocycles. The lowest BCUT2D eigenvalue weighted by Gasteiger charge is -2.17. The predicted octanol–water partition coefficient (Wildman–Crippen LogP) is 1.57. The van der Waals surface area contributed by atoms with Crippen molar-refractivity contribution in [1.82, 2.24) is 19.0 Å². The van der Waals surface area contributed by atoms with Crippen LogP contribution in [-0.2, 0) is 24.4 Å². The molecule has 1 heterocycles. The molecule has 1 amide bonds. The SMILES string of the molecule is C=CCn1c(=O)n(CC=C)c(=O)n(CC(=O)N[C@@H](C)c2cccc3ccccc23)c1=O. The third kappa shape index (κ3) is 4.32. The van der Waals surface area contributed by atoms with E-state index in [1.165, 1.54) is 12.2 Å². The lowest BCUT2D eigenvalue weighted by Crippen LogP contribution is -2.55. The van der Waals surface area contributed by atoms with Gasteiger partial charge in [-0.1, -0.05) is 54.6 Å². The van der Waals surface area contributed by atoms with Gasteiger partial charge in [0.05, 0.1) is 19.1 Å². The van der Waals surface area contributed by atoms with Gasteiger partial charge in [-0.2, -0.15) is 0 Å². The molecule has 0 aliphatic carbocycles. The minimum absolute atomic E-state index is 0.0802. The second-order valence-electron chi connectivity index (χ2n) is 7.09. The van der Waals surface area contributed by atoms with Crippen molar-refractivity contribution in [2.24, 2.45) is 0 Å². The first-order valence-corrected chi connectivity index (χ1v) is 9.82. The number of fused-ring (bicyclic) bond motifs is 1. The molecule has 3 aromatic rings. The summed E-state index contributed by atoms with van der Waals surface area (Å²) in [5, 5.41) is 4.88. The quantitative estimate of drug-likeness (QED) is 0.560. The fourth-order valence-electron chi connectivity index (χ4n) is 3.52. The van der Waals surface area contributed by atoms with Crippen LogP contribution in [0.25, 0.3) is 10.8 Å². The summed E-state index contributed by atoms with van der Waals surface area (Å²) in [6, 6.07) is 13.3. The van der Waals surface area contributed by atoms with E-state index in [-0.39, 0.29) is 19.1 Å². The Labute approximate surface area is 178 Å². The monoisotopic (exact) mass is 420 g/mol. The highest BCUT2D eigenvalue weighted by molar-refractivity contribution is 5.86. The lowest BCUT2D eigenvalue weighted by molar-refractivity contribution is -0.122. The highest BCUT2D eigenvalue weighted by atomic mass is 16.2. The minimum Gasteiger partial charge on any atom is -0.348 e. The molecule has 8 nitrogen and oxygen atoms in total. The van der Waals surface area contributed by atoms with Crippen molar-refractivity contribution in [3.8, 4) is 0 Å². The summed E-state index contributed by atoms with van der Waals surface area (Å²) in [4.78, 5) is 50.5. The van der Waals surface area contributed by atoms with Gasteiger partial charge in [0.1, 0.15) is 6.54 Å². The van der Waals surface area contributed by atoms with Gasteiger partial charge >= 0.3 is 17.1 Å². The average Bonchev–Trinajstić information content (AvgIpc) is 2.76. The van der Waals surface area contributed by atoms with Crippen molar-refractivity contribution in [2.45, 2.75) is 32.6 Å². The third-order valence-electron chi connectivity index (χ3n) is 4.98. The molecule has 0 aliphatic rings. The molecule has 1 aromatic heterocycles. The number of carbonyl (C=O) groups excluding carboxylic acids is 1. The zero-order valence-electron chi connectivity index (χ0n) is 17.3. The summed E-state index contributed by atoms with van der Waals surface area (Å²) >= 11 is 0. The van der Waals surface area contributed by atoms with Crippen LogP contribution < -0.4 is 22.4 Å². The first kappa shape index (κ1) is 21.8. The highest BCUT2D eigenvalue weighted by Crippen LogP contribution is 2.23. The molecular formula is C23H24N4O4. The van der Waals surface area contributed by atoms with E-state index in [1.54, 1.807) is 0 Å². The van der Waals surface area contributed by atoms with Gasteiger partial charge in [0, 0.05) is 0 Å². The number of carbonyl (C=O) groups is 1. The topological polar surface area (TPSA) is 95.1 Å². The largest absolute Gasteiger partial charge is 0.348 e. The van der Waals surface area contributed by atoms with Crippen molar-refractivity contribution in [1.29, 1.82) is 0 Å². The molecule has 2 aromatic carbocycles. The van der Waals surface area contributed by atoms with Crippen LogP contribution in [0.4, 0.5) is 0 Å². The van der Waals surface area contributed by atoms with E-state index < -0.39 is 29.5 Å². The van der Waals surface area contributed by atoms with E-state index in [4.69, 9.17) is 0 Å². The summed E-state index contributed by atoms with van der Waals surface area (Å²) in [5.74, 6) is -0.520. The van der Waals surface area contributed by atoms with Gasteiger partial charge in [-0.15, -0.1) is 13.2 Å². The fraction of sp³-hybridized carbons (Fsp3) is 0.217. The van der Waals surface area contributed by atoms with E-state index in [0.717, 1.165) is 30.0 Å². The molecule has 8 heteroatoms. The zero-order chi connectivity index (χ0) is 22.5. The molecule has 0 unspecified atom stereocenters. The van der Waals surface area contributed by atoms with Crippen molar-refractivity contribution in [2.75, 3.05) is 0 Å². The first-order chi connectivity index (χ1) is 14.9. The maximum absolute atomic E-state index is 12.7. The smallest absolute Gasteiger partial charge is 0.337 e. The molecule has 160 valence electrons. The van der Waals surface area contributed by atoms with Crippen LogP contribution in [0.1, 0.15) is 18.5 Å². The Morgan fingerprint density at radius 2 is 1.45 bits per heavy atom. The molecule has 1 atom stereocenters. The average molecular weight is 420 g/mol. The maximum atomic E-state index is 12.7. The van der Waals surface area contributed by atoms with Gasteiger partial charge in [0.2, 0.25) is 5.91 Å². The Hall–Kier alpha value is -3.94. The van der Waals surface area contributed by atoms with Crippen molar-refractivity contribution in [3.63, 3.8) is 0 Å². The summed E-state index contributed by atoms with van der Waals surface area (Å²) in [5.41, 5.74) is -1.57. The maximum Gasteiger partial charge on any atom is 0.337 e. The summed E-state index contributed by atoms with van der Waals surface area (Å²) in [6.45, 7) is 8.22. The molecule has 0 bridgehead atoms. The van der Waals surface area contributed by atoms with Gasteiger partial charge in [0.15, 0.2) is 0 Å². The number of hydrogen-bond donors (Lipinski definition) is 1. The Kier molecular flexibility index (Phi) is 6.49. The van der Waals surface area contributed by atoms with Gasteiger partial charge in [-0.05, 0) is 23.3 Å². The number of allylic oxidation sites excluding steroid dienone is 2. The Balaban J connectivity index is 1.93. The summed E-state index contributed by atoms with van der Waals surface area (Å²) in [6.07, 6.45) is 2.75. The van der Waals surface area contributed by atoms with Crippen LogP contribution in [0, 0.1) is 0 Å². The van der Waals surface area contributed by atoms with E-state index in [0.29, 0.717) is 0 Å². The number of nitrogens with one attached hydrogen (secondary N) is 1. The number of aromatic nitrogens is 3.